The fraction of sp³-hybridized carbons (Fsp3) is 0.300. The van der Waals surface area contributed by atoms with E-state index in [-0.39, 0.29) is 5.92 Å². The average molecular weight is 176 g/mol. The number of nitrogens with zero attached hydrogens (tertiary/aromatic N) is 1. The van der Waals surface area contributed by atoms with Gasteiger partial charge >= 0.3 is 0 Å². The number of benzene rings is 1. The maximum absolute atomic E-state index is 8.52. The van der Waals surface area contributed by atoms with Crippen molar-refractivity contribution in [2.24, 2.45) is 5.92 Å². The van der Waals surface area contributed by atoms with Crippen LogP contribution >= 0.6 is 0 Å². The van der Waals surface area contributed by atoms with Gasteiger partial charge in [0.2, 0.25) is 0 Å². The predicted molar refractivity (Wildman–Crippen MR) is 51.1 cm³/mol. The van der Waals surface area contributed by atoms with Gasteiger partial charge < -0.3 is 10.5 Å². The van der Waals surface area contributed by atoms with Gasteiger partial charge in [-0.3, -0.25) is 0 Å². The smallest absolute Gasteiger partial charge is 0.142 e. The molecule has 1 aromatic rings. The highest BCUT2D eigenvalue weighted by atomic mass is 16.5. The van der Waals surface area contributed by atoms with E-state index in [1.807, 2.05) is 12.1 Å². The SMILES string of the molecule is CC(C#N)COc1ccccc1N. The van der Waals surface area contributed by atoms with Crippen molar-refractivity contribution >= 4 is 5.69 Å². The fourth-order valence-corrected chi connectivity index (χ4v) is 0.864. The molecule has 3 nitrogen and oxygen atoms in total. The molecule has 0 bridgehead atoms. The Morgan fingerprint density at radius 1 is 1.54 bits per heavy atom. The maximum atomic E-state index is 8.52. The molecule has 2 N–H and O–H groups in total. The number of nitriles is 1. The molecule has 0 fully saturated rings. The summed E-state index contributed by atoms with van der Waals surface area (Å²) in [5.41, 5.74) is 6.24. The summed E-state index contributed by atoms with van der Waals surface area (Å²) in [5.74, 6) is 0.532. The Balaban J connectivity index is 2.56. The first kappa shape index (κ1) is 9.40. The monoisotopic (exact) mass is 176 g/mol. The van der Waals surface area contributed by atoms with Crippen molar-refractivity contribution in [2.75, 3.05) is 12.3 Å². The number of nitrogens with two attached hydrogens (primary N) is 1. The molecule has 13 heavy (non-hydrogen) atoms. The Kier molecular flexibility index (Phi) is 3.15. The molecule has 0 aliphatic carbocycles. The summed E-state index contributed by atoms with van der Waals surface area (Å²) in [6, 6.07) is 9.34. The van der Waals surface area contributed by atoms with E-state index in [9.17, 15) is 0 Å². The van der Waals surface area contributed by atoms with Crippen LogP contribution in [0.1, 0.15) is 6.92 Å². The minimum atomic E-state index is -0.111. The van der Waals surface area contributed by atoms with Crippen LogP contribution in [0.5, 0.6) is 5.75 Å². The zero-order valence-corrected chi connectivity index (χ0v) is 7.53. The molecule has 1 rings (SSSR count). The molecular weight excluding hydrogens is 164 g/mol. The van der Waals surface area contributed by atoms with Crippen LogP contribution in [-0.4, -0.2) is 6.61 Å². The summed E-state index contributed by atoms with van der Waals surface area (Å²) in [7, 11) is 0. The Morgan fingerprint density at radius 2 is 2.23 bits per heavy atom. The molecule has 0 spiro atoms. The number of rotatable bonds is 3. The van der Waals surface area contributed by atoms with Gasteiger partial charge in [-0.1, -0.05) is 12.1 Å². The summed E-state index contributed by atoms with van der Waals surface area (Å²) in [6.07, 6.45) is 0. The third-order valence-corrected chi connectivity index (χ3v) is 1.63. The van der Waals surface area contributed by atoms with Gasteiger partial charge in [-0.05, 0) is 19.1 Å². The molecule has 1 atom stereocenters. The molecule has 1 unspecified atom stereocenters. The van der Waals surface area contributed by atoms with Crippen molar-refractivity contribution in [2.45, 2.75) is 6.92 Å². The van der Waals surface area contributed by atoms with Gasteiger partial charge in [-0.15, -0.1) is 0 Å². The standard InChI is InChI=1S/C10H12N2O/c1-8(6-11)7-13-10-5-3-2-4-9(10)12/h2-5,8H,7,12H2,1H3. The summed E-state index contributed by atoms with van der Waals surface area (Å²) in [4.78, 5) is 0. The van der Waals surface area contributed by atoms with Crippen molar-refractivity contribution < 1.29 is 4.74 Å². The van der Waals surface area contributed by atoms with Gasteiger partial charge in [0.25, 0.3) is 0 Å². The summed E-state index contributed by atoms with van der Waals surface area (Å²) in [5, 5.41) is 8.52. The van der Waals surface area contributed by atoms with Crippen molar-refractivity contribution in [1.82, 2.24) is 0 Å². The van der Waals surface area contributed by atoms with E-state index in [1.165, 1.54) is 0 Å². The number of para-hydroxylation sites is 2. The first-order valence-corrected chi connectivity index (χ1v) is 4.11. The van der Waals surface area contributed by atoms with Crippen LogP contribution in [0.3, 0.4) is 0 Å². The van der Waals surface area contributed by atoms with Crippen LogP contribution in [0, 0.1) is 17.2 Å². The second-order valence-electron chi connectivity index (χ2n) is 2.88. The lowest BCUT2D eigenvalue weighted by Crippen LogP contribution is -2.07. The van der Waals surface area contributed by atoms with Gasteiger partial charge in [0.05, 0.1) is 17.7 Å². The highest BCUT2D eigenvalue weighted by Gasteiger charge is 2.02. The van der Waals surface area contributed by atoms with Crippen molar-refractivity contribution in [3.05, 3.63) is 24.3 Å². The average Bonchev–Trinajstić information content (AvgIpc) is 2.16. The lowest BCUT2D eigenvalue weighted by atomic mass is 10.2. The number of hydrogen-bond acceptors (Lipinski definition) is 3. The molecule has 0 amide bonds. The third-order valence-electron chi connectivity index (χ3n) is 1.63. The Bertz CT molecular complexity index is 317. The summed E-state index contributed by atoms with van der Waals surface area (Å²) >= 11 is 0. The first-order chi connectivity index (χ1) is 6.24. The molecule has 0 aliphatic rings. The zero-order chi connectivity index (χ0) is 9.68. The van der Waals surface area contributed by atoms with Gasteiger partial charge in [0, 0.05) is 0 Å². The van der Waals surface area contributed by atoms with Crippen molar-refractivity contribution in [1.29, 1.82) is 5.26 Å². The molecule has 0 heterocycles. The van der Waals surface area contributed by atoms with Gasteiger partial charge in [0.15, 0.2) is 0 Å². The van der Waals surface area contributed by atoms with E-state index in [1.54, 1.807) is 19.1 Å². The minimum Gasteiger partial charge on any atom is -0.490 e. The molecule has 0 saturated carbocycles. The van der Waals surface area contributed by atoms with E-state index in [0.29, 0.717) is 18.0 Å². The Labute approximate surface area is 77.7 Å². The molecule has 0 radical (unpaired) electrons. The highest BCUT2D eigenvalue weighted by Crippen LogP contribution is 2.20. The largest absolute Gasteiger partial charge is 0.490 e. The normalized spacial score (nSPS) is 11.7. The zero-order valence-electron chi connectivity index (χ0n) is 7.53. The van der Waals surface area contributed by atoms with Crippen LogP contribution in [0.25, 0.3) is 0 Å². The Hall–Kier alpha value is -1.69. The third kappa shape index (κ3) is 2.68. The predicted octanol–water partition coefficient (Wildman–Crippen LogP) is 1.81. The first-order valence-electron chi connectivity index (χ1n) is 4.11. The molecule has 0 saturated heterocycles. The second kappa shape index (κ2) is 4.36. The molecule has 1 aromatic carbocycles. The van der Waals surface area contributed by atoms with Gasteiger partial charge in [-0.2, -0.15) is 5.26 Å². The number of nitrogen functional groups attached to an aromatic ring is 1. The van der Waals surface area contributed by atoms with E-state index < -0.39 is 0 Å². The number of ether oxygens (including phenoxy) is 1. The van der Waals surface area contributed by atoms with Gasteiger partial charge in [0.1, 0.15) is 12.4 Å². The number of hydrogen-bond donors (Lipinski definition) is 1. The maximum Gasteiger partial charge on any atom is 0.142 e. The van der Waals surface area contributed by atoms with Crippen molar-refractivity contribution in [3.63, 3.8) is 0 Å². The van der Waals surface area contributed by atoms with Crippen LogP contribution < -0.4 is 10.5 Å². The van der Waals surface area contributed by atoms with E-state index in [2.05, 4.69) is 6.07 Å². The van der Waals surface area contributed by atoms with E-state index >= 15 is 0 Å². The molecule has 3 heteroatoms. The van der Waals surface area contributed by atoms with Crippen LogP contribution in [-0.2, 0) is 0 Å². The second-order valence-corrected chi connectivity index (χ2v) is 2.88. The van der Waals surface area contributed by atoms with E-state index in [4.69, 9.17) is 15.7 Å². The Morgan fingerprint density at radius 3 is 2.85 bits per heavy atom. The summed E-state index contributed by atoms with van der Waals surface area (Å²) < 4.78 is 5.34. The quantitative estimate of drug-likeness (QED) is 0.714. The fourth-order valence-electron chi connectivity index (χ4n) is 0.864. The molecule has 0 aliphatic heterocycles. The number of anilines is 1. The molecular formula is C10H12N2O. The van der Waals surface area contributed by atoms with E-state index in [0.717, 1.165) is 0 Å². The van der Waals surface area contributed by atoms with Crippen LogP contribution in [0.2, 0.25) is 0 Å². The molecule has 0 aromatic heterocycles. The topological polar surface area (TPSA) is 59.0 Å². The minimum absolute atomic E-state index is 0.111. The lowest BCUT2D eigenvalue weighted by molar-refractivity contribution is 0.289. The van der Waals surface area contributed by atoms with Crippen LogP contribution in [0.4, 0.5) is 5.69 Å². The van der Waals surface area contributed by atoms with Crippen molar-refractivity contribution in [3.8, 4) is 11.8 Å². The van der Waals surface area contributed by atoms with Crippen LogP contribution in [0.15, 0.2) is 24.3 Å². The van der Waals surface area contributed by atoms with Gasteiger partial charge in [-0.25, -0.2) is 0 Å². The lowest BCUT2D eigenvalue weighted by Gasteiger charge is -2.08. The highest BCUT2D eigenvalue weighted by molar-refractivity contribution is 5.51. The molecule has 68 valence electrons. The summed E-state index contributed by atoms with van der Waals surface area (Å²) in [6.45, 7) is 2.18.